The molecule has 0 radical (unpaired) electrons. The van der Waals surface area contributed by atoms with Crippen LogP contribution in [-0.4, -0.2) is 40.2 Å². The number of carbonyl (C=O) groups excluding carboxylic acids is 1. The van der Waals surface area contributed by atoms with Gasteiger partial charge in [-0.15, -0.1) is 0 Å². The minimum Gasteiger partial charge on any atom is -0.508 e. The van der Waals surface area contributed by atoms with E-state index in [1.807, 2.05) is 24.3 Å². The Balaban J connectivity index is 0.000000223. The highest BCUT2D eigenvalue weighted by atomic mass is 35.5. The number of carbonyl (C=O) groups is 2. The average Bonchev–Trinajstić information content (AvgIpc) is 2.65. The molecule has 0 aliphatic carbocycles. The van der Waals surface area contributed by atoms with Gasteiger partial charge in [0, 0.05) is 23.7 Å². The number of phenolic OH excluding ortho intramolecular Hbond substituents is 1. The molecule has 7 heteroatoms. The summed E-state index contributed by atoms with van der Waals surface area (Å²) in [5, 5.41) is 18.4. The van der Waals surface area contributed by atoms with Crippen molar-refractivity contribution in [1.29, 1.82) is 0 Å². The monoisotopic (exact) mass is 390 g/mol. The summed E-state index contributed by atoms with van der Waals surface area (Å²) in [6.45, 7) is 1.32. The van der Waals surface area contributed by atoms with Gasteiger partial charge in [0.2, 0.25) is 5.91 Å². The molecule has 0 aromatic heterocycles. The van der Waals surface area contributed by atoms with Gasteiger partial charge in [-0.2, -0.15) is 0 Å². The first-order valence-electron chi connectivity index (χ1n) is 8.66. The van der Waals surface area contributed by atoms with Crippen molar-refractivity contribution in [3.05, 3.63) is 64.7 Å². The van der Waals surface area contributed by atoms with Crippen LogP contribution in [0.15, 0.2) is 48.5 Å². The van der Waals surface area contributed by atoms with Gasteiger partial charge in [-0.25, -0.2) is 4.79 Å². The highest BCUT2D eigenvalue weighted by molar-refractivity contribution is 6.30. The molecule has 144 valence electrons. The van der Waals surface area contributed by atoms with Crippen molar-refractivity contribution in [2.24, 2.45) is 11.7 Å². The molecule has 6 nitrogen and oxygen atoms in total. The van der Waals surface area contributed by atoms with Gasteiger partial charge in [-0.1, -0.05) is 23.7 Å². The van der Waals surface area contributed by atoms with Gasteiger partial charge in [0.25, 0.3) is 0 Å². The summed E-state index contributed by atoms with van der Waals surface area (Å²) in [6, 6.07) is 13.7. The zero-order valence-electron chi connectivity index (χ0n) is 14.8. The molecule has 2 aromatic rings. The number of halogens is 1. The predicted molar refractivity (Wildman–Crippen MR) is 104 cm³/mol. The van der Waals surface area contributed by atoms with Crippen LogP contribution < -0.4 is 5.73 Å². The van der Waals surface area contributed by atoms with Crippen molar-refractivity contribution in [3.63, 3.8) is 0 Å². The number of hydrogen-bond acceptors (Lipinski definition) is 3. The lowest BCUT2D eigenvalue weighted by molar-refractivity contribution is 0.1000. The van der Waals surface area contributed by atoms with E-state index in [-0.39, 0.29) is 5.75 Å². The normalized spacial score (nSPS) is 14.2. The van der Waals surface area contributed by atoms with Crippen LogP contribution in [0.2, 0.25) is 5.02 Å². The average molecular weight is 391 g/mol. The molecular weight excluding hydrogens is 368 g/mol. The number of rotatable bonds is 3. The van der Waals surface area contributed by atoms with E-state index in [4.69, 9.17) is 27.5 Å². The van der Waals surface area contributed by atoms with Gasteiger partial charge in [-0.3, -0.25) is 4.79 Å². The van der Waals surface area contributed by atoms with Gasteiger partial charge >= 0.3 is 6.09 Å². The fourth-order valence-corrected chi connectivity index (χ4v) is 3.03. The number of hydrogen-bond donors (Lipinski definition) is 3. The number of nitrogens with two attached hydrogens (primary N) is 1. The van der Waals surface area contributed by atoms with Crippen LogP contribution >= 0.6 is 11.6 Å². The lowest BCUT2D eigenvalue weighted by Crippen LogP contribution is -2.37. The van der Waals surface area contributed by atoms with Crippen LogP contribution in [0.5, 0.6) is 5.75 Å². The topological polar surface area (TPSA) is 104 Å². The molecule has 1 saturated heterocycles. The minimum absolute atomic E-state index is 0.130. The molecular formula is C20H23ClN2O4. The first-order chi connectivity index (χ1) is 12.8. The molecule has 0 bridgehead atoms. The molecule has 2 aromatic carbocycles. The molecule has 1 aliphatic rings. The molecule has 0 unspecified atom stereocenters. The van der Waals surface area contributed by atoms with E-state index in [0.717, 1.165) is 24.3 Å². The summed E-state index contributed by atoms with van der Waals surface area (Å²) in [7, 11) is 0. The Morgan fingerprint density at radius 3 is 2.07 bits per heavy atom. The standard InChI is InChI=1S/C13H16ClNO2.C7H7NO2/c14-12-3-1-10(2-4-12)9-11-5-7-15(8-6-11)13(16)17;8-7(10)5-1-3-6(9)4-2-5/h1-4,11H,5-9H2,(H,16,17);1-4,9H,(H2,8,10). The fourth-order valence-electron chi connectivity index (χ4n) is 2.91. The second kappa shape index (κ2) is 9.83. The van der Waals surface area contributed by atoms with Crippen molar-refractivity contribution in [3.8, 4) is 5.75 Å². The van der Waals surface area contributed by atoms with E-state index in [9.17, 15) is 9.59 Å². The summed E-state index contributed by atoms with van der Waals surface area (Å²) in [5.74, 6) is 0.233. The highest BCUT2D eigenvalue weighted by Crippen LogP contribution is 2.22. The zero-order valence-corrected chi connectivity index (χ0v) is 15.6. The summed E-state index contributed by atoms with van der Waals surface area (Å²) in [4.78, 5) is 22.7. The van der Waals surface area contributed by atoms with Gasteiger partial charge < -0.3 is 20.8 Å². The van der Waals surface area contributed by atoms with Gasteiger partial charge in [0.1, 0.15) is 5.75 Å². The molecule has 2 amide bonds. The van der Waals surface area contributed by atoms with E-state index in [1.54, 1.807) is 0 Å². The third-order valence-corrected chi connectivity index (χ3v) is 4.73. The van der Waals surface area contributed by atoms with E-state index in [0.29, 0.717) is 24.6 Å². The van der Waals surface area contributed by atoms with Crippen LogP contribution in [0.25, 0.3) is 0 Å². The Morgan fingerprint density at radius 1 is 1.04 bits per heavy atom. The molecule has 27 heavy (non-hydrogen) atoms. The van der Waals surface area contributed by atoms with Crippen LogP contribution in [0.1, 0.15) is 28.8 Å². The van der Waals surface area contributed by atoms with Crippen molar-refractivity contribution in [1.82, 2.24) is 4.90 Å². The van der Waals surface area contributed by atoms with Crippen molar-refractivity contribution in [2.45, 2.75) is 19.3 Å². The maximum absolute atomic E-state index is 10.8. The van der Waals surface area contributed by atoms with Gasteiger partial charge in [-0.05, 0) is 67.1 Å². The van der Waals surface area contributed by atoms with E-state index < -0.39 is 12.0 Å². The van der Waals surface area contributed by atoms with Crippen LogP contribution in [0.4, 0.5) is 4.79 Å². The quantitative estimate of drug-likeness (QED) is 0.742. The van der Waals surface area contributed by atoms with Crippen LogP contribution in [0.3, 0.4) is 0 Å². The number of likely N-dealkylation sites (tertiary alicyclic amines) is 1. The number of benzene rings is 2. The molecule has 1 aliphatic heterocycles. The number of nitrogens with zero attached hydrogens (tertiary/aromatic N) is 1. The predicted octanol–water partition coefficient (Wildman–Crippen LogP) is 3.76. The van der Waals surface area contributed by atoms with Crippen LogP contribution in [0, 0.1) is 5.92 Å². The summed E-state index contributed by atoms with van der Waals surface area (Å²) < 4.78 is 0. The molecule has 0 spiro atoms. The second-order valence-corrected chi connectivity index (χ2v) is 6.89. The SMILES string of the molecule is NC(=O)c1ccc(O)cc1.O=C(O)N1CCC(Cc2ccc(Cl)cc2)CC1. The summed E-state index contributed by atoms with van der Waals surface area (Å²) in [5.41, 5.74) is 6.62. The maximum atomic E-state index is 10.8. The molecule has 1 heterocycles. The van der Waals surface area contributed by atoms with Gasteiger partial charge in [0.05, 0.1) is 0 Å². The number of aromatic hydroxyl groups is 1. The molecule has 4 N–H and O–H groups in total. The van der Waals surface area contributed by atoms with E-state index in [1.165, 1.54) is 34.7 Å². The third-order valence-electron chi connectivity index (χ3n) is 4.47. The molecule has 3 rings (SSSR count). The Kier molecular flexibility index (Phi) is 7.49. The lowest BCUT2D eigenvalue weighted by atomic mass is 9.90. The van der Waals surface area contributed by atoms with Crippen molar-refractivity contribution in [2.75, 3.05) is 13.1 Å². The first-order valence-corrected chi connectivity index (χ1v) is 9.04. The van der Waals surface area contributed by atoms with Crippen molar-refractivity contribution >= 4 is 23.6 Å². The Labute approximate surface area is 163 Å². The molecule has 0 atom stereocenters. The number of piperidine rings is 1. The van der Waals surface area contributed by atoms with Gasteiger partial charge in [0.15, 0.2) is 0 Å². The van der Waals surface area contributed by atoms with Crippen LogP contribution in [-0.2, 0) is 6.42 Å². The lowest BCUT2D eigenvalue weighted by Gasteiger charge is -2.30. The number of primary amides is 1. The minimum atomic E-state index is -0.796. The largest absolute Gasteiger partial charge is 0.508 e. The third kappa shape index (κ3) is 6.83. The highest BCUT2D eigenvalue weighted by Gasteiger charge is 2.22. The zero-order chi connectivity index (χ0) is 19.8. The first kappa shape index (κ1) is 20.6. The summed E-state index contributed by atoms with van der Waals surface area (Å²) in [6.07, 6.45) is 2.13. The second-order valence-electron chi connectivity index (χ2n) is 6.45. The Hall–Kier alpha value is -2.73. The number of amides is 2. The fraction of sp³-hybridized carbons (Fsp3) is 0.300. The summed E-state index contributed by atoms with van der Waals surface area (Å²) >= 11 is 5.84. The molecule has 1 fully saturated rings. The molecule has 0 saturated carbocycles. The number of phenols is 1. The van der Waals surface area contributed by atoms with E-state index >= 15 is 0 Å². The van der Waals surface area contributed by atoms with E-state index in [2.05, 4.69) is 0 Å². The maximum Gasteiger partial charge on any atom is 0.407 e. The smallest absolute Gasteiger partial charge is 0.407 e. The Morgan fingerprint density at radius 2 is 1.59 bits per heavy atom. The van der Waals surface area contributed by atoms with Crippen molar-refractivity contribution < 1.29 is 19.8 Å². The number of carboxylic acid groups (broad SMARTS) is 1. The Bertz CT molecular complexity index is 755.